The van der Waals surface area contributed by atoms with E-state index in [1.807, 2.05) is 32.9 Å². The van der Waals surface area contributed by atoms with Gasteiger partial charge in [-0.25, -0.2) is 0 Å². The summed E-state index contributed by atoms with van der Waals surface area (Å²) in [6.07, 6.45) is 0. The highest BCUT2D eigenvalue weighted by Crippen LogP contribution is 2.10. The first kappa shape index (κ1) is 11.0. The predicted molar refractivity (Wildman–Crippen MR) is 59.1 cm³/mol. The second-order valence-electron chi connectivity index (χ2n) is 3.74. The van der Waals surface area contributed by atoms with Crippen LogP contribution in [0.15, 0.2) is 16.5 Å². The van der Waals surface area contributed by atoms with Gasteiger partial charge >= 0.3 is 0 Å². The standard InChI is InChI=1S/C9H14INO2/c1-9(2,3)13-11-6-7-4-5-8(10)12-7/h4-5,11H,6H2,1-3H3. The SMILES string of the molecule is CC(C)(C)ONCc1ccc(I)o1. The molecule has 74 valence electrons. The van der Waals surface area contributed by atoms with E-state index in [2.05, 4.69) is 28.1 Å². The van der Waals surface area contributed by atoms with Gasteiger partial charge in [-0.1, -0.05) is 0 Å². The molecule has 0 fully saturated rings. The summed E-state index contributed by atoms with van der Waals surface area (Å²) in [4.78, 5) is 5.33. The molecule has 1 aromatic heterocycles. The summed E-state index contributed by atoms with van der Waals surface area (Å²) < 4.78 is 6.24. The summed E-state index contributed by atoms with van der Waals surface area (Å²) in [6, 6.07) is 3.86. The summed E-state index contributed by atoms with van der Waals surface area (Å²) in [5, 5.41) is 0. The average molecular weight is 295 g/mol. The van der Waals surface area contributed by atoms with Gasteiger partial charge in [0.25, 0.3) is 0 Å². The van der Waals surface area contributed by atoms with E-state index in [9.17, 15) is 0 Å². The number of hydrogen-bond acceptors (Lipinski definition) is 3. The van der Waals surface area contributed by atoms with Crippen molar-refractivity contribution in [3.05, 3.63) is 21.7 Å². The molecule has 0 saturated carbocycles. The lowest BCUT2D eigenvalue weighted by Gasteiger charge is -2.18. The van der Waals surface area contributed by atoms with Gasteiger partial charge in [-0.2, -0.15) is 5.48 Å². The van der Waals surface area contributed by atoms with Crippen molar-refractivity contribution in [1.29, 1.82) is 0 Å². The summed E-state index contributed by atoms with van der Waals surface area (Å²) in [7, 11) is 0. The van der Waals surface area contributed by atoms with E-state index in [0.717, 1.165) is 9.53 Å². The predicted octanol–water partition coefficient (Wildman–Crippen LogP) is 2.70. The highest BCUT2D eigenvalue weighted by molar-refractivity contribution is 14.1. The van der Waals surface area contributed by atoms with Gasteiger partial charge in [0.2, 0.25) is 0 Å². The fourth-order valence-corrected chi connectivity index (χ4v) is 1.23. The maximum atomic E-state index is 5.34. The molecule has 4 heteroatoms. The summed E-state index contributed by atoms with van der Waals surface area (Å²) in [5.41, 5.74) is 2.69. The third kappa shape index (κ3) is 4.64. The molecule has 0 saturated heterocycles. The molecule has 1 aromatic rings. The first-order valence-electron chi connectivity index (χ1n) is 4.12. The molecule has 0 aromatic carbocycles. The normalized spacial score (nSPS) is 12.0. The number of nitrogens with one attached hydrogen (secondary N) is 1. The van der Waals surface area contributed by atoms with E-state index in [1.165, 1.54) is 0 Å². The second kappa shape index (κ2) is 4.43. The van der Waals surface area contributed by atoms with Crippen LogP contribution in [0.4, 0.5) is 0 Å². The van der Waals surface area contributed by atoms with Crippen LogP contribution in [-0.4, -0.2) is 5.60 Å². The Bertz CT molecular complexity index is 265. The minimum Gasteiger partial charge on any atom is -0.454 e. The van der Waals surface area contributed by atoms with Crippen LogP contribution in [0.25, 0.3) is 0 Å². The van der Waals surface area contributed by atoms with Gasteiger partial charge in [0, 0.05) is 0 Å². The molecule has 0 radical (unpaired) electrons. The zero-order valence-electron chi connectivity index (χ0n) is 8.06. The van der Waals surface area contributed by atoms with Crippen LogP contribution in [-0.2, 0) is 11.4 Å². The first-order chi connectivity index (χ1) is 5.97. The Morgan fingerprint density at radius 2 is 2.15 bits per heavy atom. The minimum atomic E-state index is -0.167. The molecule has 0 aliphatic rings. The zero-order valence-corrected chi connectivity index (χ0v) is 10.2. The monoisotopic (exact) mass is 295 g/mol. The molecule has 0 amide bonds. The maximum Gasteiger partial charge on any atom is 0.164 e. The van der Waals surface area contributed by atoms with E-state index < -0.39 is 0 Å². The van der Waals surface area contributed by atoms with Crippen LogP contribution in [0, 0.1) is 3.77 Å². The Balaban J connectivity index is 2.28. The fourth-order valence-electron chi connectivity index (χ4n) is 0.770. The van der Waals surface area contributed by atoms with Gasteiger partial charge in [0.05, 0.1) is 12.1 Å². The van der Waals surface area contributed by atoms with Crippen LogP contribution >= 0.6 is 22.6 Å². The van der Waals surface area contributed by atoms with Gasteiger partial charge in [-0.15, -0.1) is 0 Å². The molecule has 0 bridgehead atoms. The van der Waals surface area contributed by atoms with Crippen molar-refractivity contribution >= 4 is 22.6 Å². The van der Waals surface area contributed by atoms with E-state index >= 15 is 0 Å². The van der Waals surface area contributed by atoms with Crippen molar-refractivity contribution in [3.8, 4) is 0 Å². The summed E-state index contributed by atoms with van der Waals surface area (Å²) in [6.45, 7) is 6.57. The third-order valence-corrected chi connectivity index (χ3v) is 1.83. The lowest BCUT2D eigenvalue weighted by atomic mass is 10.2. The highest BCUT2D eigenvalue weighted by Gasteiger charge is 2.10. The Morgan fingerprint density at radius 1 is 1.46 bits per heavy atom. The number of halogens is 1. The molecule has 1 rings (SSSR count). The molecular formula is C9H14INO2. The zero-order chi connectivity index (χ0) is 9.90. The van der Waals surface area contributed by atoms with E-state index in [-0.39, 0.29) is 5.60 Å². The smallest absolute Gasteiger partial charge is 0.164 e. The van der Waals surface area contributed by atoms with Crippen molar-refractivity contribution in [2.75, 3.05) is 0 Å². The van der Waals surface area contributed by atoms with Crippen LogP contribution in [0.5, 0.6) is 0 Å². The molecule has 13 heavy (non-hydrogen) atoms. The van der Waals surface area contributed by atoms with Crippen LogP contribution in [0.3, 0.4) is 0 Å². The quantitative estimate of drug-likeness (QED) is 0.688. The minimum absolute atomic E-state index is 0.167. The molecule has 0 atom stereocenters. The molecule has 1 N–H and O–H groups in total. The maximum absolute atomic E-state index is 5.34. The Hall–Kier alpha value is -0.0700. The van der Waals surface area contributed by atoms with Gasteiger partial charge < -0.3 is 4.42 Å². The van der Waals surface area contributed by atoms with Gasteiger partial charge in [0.15, 0.2) is 3.77 Å². The molecular weight excluding hydrogens is 281 g/mol. The fraction of sp³-hybridized carbons (Fsp3) is 0.556. The van der Waals surface area contributed by atoms with Crippen molar-refractivity contribution < 1.29 is 9.25 Å². The molecule has 0 aliphatic carbocycles. The Morgan fingerprint density at radius 3 is 2.62 bits per heavy atom. The summed E-state index contributed by atoms with van der Waals surface area (Å²) >= 11 is 2.13. The number of furan rings is 1. The lowest BCUT2D eigenvalue weighted by molar-refractivity contribution is -0.0775. The molecule has 0 unspecified atom stereocenters. The molecule has 1 heterocycles. The number of rotatable bonds is 3. The average Bonchev–Trinajstić information content (AvgIpc) is 2.33. The van der Waals surface area contributed by atoms with Gasteiger partial charge in [-0.3, -0.25) is 4.84 Å². The summed E-state index contributed by atoms with van der Waals surface area (Å²) in [5.74, 6) is 0.883. The largest absolute Gasteiger partial charge is 0.454 e. The highest BCUT2D eigenvalue weighted by atomic mass is 127. The molecule has 3 nitrogen and oxygen atoms in total. The number of hydrogen-bond donors (Lipinski definition) is 1. The van der Waals surface area contributed by atoms with Crippen molar-refractivity contribution in [3.63, 3.8) is 0 Å². The van der Waals surface area contributed by atoms with Crippen LogP contribution in [0.1, 0.15) is 26.5 Å². The van der Waals surface area contributed by atoms with Crippen molar-refractivity contribution in [1.82, 2.24) is 5.48 Å². The van der Waals surface area contributed by atoms with Crippen LogP contribution < -0.4 is 5.48 Å². The number of hydroxylamine groups is 1. The lowest BCUT2D eigenvalue weighted by Crippen LogP contribution is -2.28. The van der Waals surface area contributed by atoms with E-state index in [4.69, 9.17) is 9.25 Å². The van der Waals surface area contributed by atoms with Crippen molar-refractivity contribution in [2.45, 2.75) is 32.9 Å². The van der Waals surface area contributed by atoms with E-state index in [0.29, 0.717) is 6.54 Å². The van der Waals surface area contributed by atoms with Crippen LogP contribution in [0.2, 0.25) is 0 Å². The third-order valence-electron chi connectivity index (χ3n) is 1.25. The Labute approximate surface area is 91.9 Å². The molecule has 0 aliphatic heterocycles. The Kier molecular flexibility index (Phi) is 3.75. The molecule has 0 spiro atoms. The van der Waals surface area contributed by atoms with Gasteiger partial charge in [0.1, 0.15) is 5.76 Å². The first-order valence-corrected chi connectivity index (χ1v) is 5.20. The second-order valence-corrected chi connectivity index (χ2v) is 4.80. The van der Waals surface area contributed by atoms with Gasteiger partial charge in [-0.05, 0) is 55.5 Å². The van der Waals surface area contributed by atoms with E-state index in [1.54, 1.807) is 0 Å². The topological polar surface area (TPSA) is 34.4 Å². The van der Waals surface area contributed by atoms with Crippen molar-refractivity contribution in [2.24, 2.45) is 0 Å².